The number of aromatic nitrogens is 4. The Morgan fingerprint density at radius 3 is 2.85 bits per heavy atom. The van der Waals surface area contributed by atoms with Gasteiger partial charge in [-0.05, 0) is 32.3 Å². The van der Waals surface area contributed by atoms with Crippen LogP contribution in [0.15, 0.2) is 6.07 Å². The molecule has 1 aliphatic rings. The first-order valence-electron chi connectivity index (χ1n) is 7.15. The van der Waals surface area contributed by atoms with Gasteiger partial charge < -0.3 is 5.32 Å². The Morgan fingerprint density at radius 1 is 1.25 bits per heavy atom. The van der Waals surface area contributed by atoms with Crippen LogP contribution in [0.2, 0.25) is 0 Å². The van der Waals surface area contributed by atoms with Crippen molar-refractivity contribution in [3.63, 3.8) is 0 Å². The molecule has 0 spiro atoms. The van der Waals surface area contributed by atoms with Crippen molar-refractivity contribution < 1.29 is 0 Å². The predicted octanol–water partition coefficient (Wildman–Crippen LogP) is 2.16. The first-order valence-corrected chi connectivity index (χ1v) is 7.97. The topological polar surface area (TPSA) is 63.6 Å². The molecule has 6 heteroatoms. The minimum Gasteiger partial charge on any atom is -0.314 e. The summed E-state index contributed by atoms with van der Waals surface area (Å²) in [7, 11) is 0. The van der Waals surface area contributed by atoms with Crippen molar-refractivity contribution in [2.75, 3.05) is 6.54 Å². The number of hydrogen-bond acceptors (Lipinski definition) is 6. The van der Waals surface area contributed by atoms with Crippen LogP contribution in [-0.2, 0) is 12.8 Å². The van der Waals surface area contributed by atoms with Crippen molar-refractivity contribution in [2.45, 2.75) is 45.6 Å². The van der Waals surface area contributed by atoms with Crippen molar-refractivity contribution in [3.8, 4) is 10.6 Å². The molecule has 106 valence electrons. The lowest BCUT2D eigenvalue weighted by Crippen LogP contribution is -2.19. The van der Waals surface area contributed by atoms with Gasteiger partial charge in [0.15, 0.2) is 0 Å². The normalized spacial score (nSPS) is 14.7. The third kappa shape index (κ3) is 3.19. The summed E-state index contributed by atoms with van der Waals surface area (Å²) < 4.78 is 0. The third-order valence-corrected chi connectivity index (χ3v) is 4.39. The van der Waals surface area contributed by atoms with Crippen LogP contribution in [0, 0.1) is 6.92 Å². The maximum atomic E-state index is 4.32. The number of nitrogens with one attached hydrogen (secondary N) is 1. The summed E-state index contributed by atoms with van der Waals surface area (Å²) in [4.78, 5) is 0. The molecule has 1 saturated carbocycles. The maximum Gasteiger partial charge on any atom is 0.149 e. The van der Waals surface area contributed by atoms with Crippen LogP contribution >= 0.6 is 11.3 Å². The molecule has 3 rings (SSSR count). The standard InChI is InChI=1S/C14H19N5S/c1-3-12-11(8-9(2)16-17-12)14-19-18-13(20-14)6-7-15-10-4-5-10/h8,10,15H,3-7H2,1-2H3. The van der Waals surface area contributed by atoms with E-state index in [-0.39, 0.29) is 0 Å². The Balaban J connectivity index is 1.73. The highest BCUT2D eigenvalue weighted by molar-refractivity contribution is 7.14. The van der Waals surface area contributed by atoms with E-state index < -0.39 is 0 Å². The molecule has 0 amide bonds. The summed E-state index contributed by atoms with van der Waals surface area (Å²) in [5, 5.41) is 22.5. The van der Waals surface area contributed by atoms with E-state index >= 15 is 0 Å². The predicted molar refractivity (Wildman–Crippen MR) is 79.8 cm³/mol. The summed E-state index contributed by atoms with van der Waals surface area (Å²) >= 11 is 1.67. The van der Waals surface area contributed by atoms with Gasteiger partial charge in [0.05, 0.1) is 11.4 Å². The SMILES string of the molecule is CCc1nnc(C)cc1-c1nnc(CCNC2CC2)s1. The molecule has 0 aliphatic heterocycles. The first kappa shape index (κ1) is 13.6. The fourth-order valence-corrected chi connectivity index (χ4v) is 2.97. The zero-order valence-corrected chi connectivity index (χ0v) is 12.7. The molecule has 2 aromatic heterocycles. The molecule has 0 saturated heterocycles. The monoisotopic (exact) mass is 289 g/mol. The van der Waals surface area contributed by atoms with Gasteiger partial charge in [-0.1, -0.05) is 18.3 Å². The Bertz CT molecular complexity index is 591. The van der Waals surface area contributed by atoms with Crippen LogP contribution < -0.4 is 5.32 Å². The van der Waals surface area contributed by atoms with Crippen molar-refractivity contribution in [3.05, 3.63) is 22.5 Å². The van der Waals surface area contributed by atoms with Crippen molar-refractivity contribution >= 4 is 11.3 Å². The van der Waals surface area contributed by atoms with Crippen molar-refractivity contribution in [1.82, 2.24) is 25.7 Å². The Morgan fingerprint density at radius 2 is 2.10 bits per heavy atom. The molecule has 1 fully saturated rings. The number of hydrogen-bond donors (Lipinski definition) is 1. The molecule has 20 heavy (non-hydrogen) atoms. The molecule has 0 radical (unpaired) electrons. The Kier molecular flexibility index (Phi) is 4.03. The zero-order valence-electron chi connectivity index (χ0n) is 11.9. The molecule has 0 bridgehead atoms. The summed E-state index contributed by atoms with van der Waals surface area (Å²) in [6, 6.07) is 2.81. The van der Waals surface area contributed by atoms with E-state index in [0.717, 1.165) is 52.4 Å². The highest BCUT2D eigenvalue weighted by Gasteiger charge is 2.20. The quantitative estimate of drug-likeness (QED) is 0.883. The number of aryl methyl sites for hydroxylation is 2. The molecule has 0 aromatic carbocycles. The van der Waals surface area contributed by atoms with Gasteiger partial charge in [-0.25, -0.2) is 0 Å². The summed E-state index contributed by atoms with van der Waals surface area (Å²) in [5.74, 6) is 0. The van der Waals surface area contributed by atoms with Crippen molar-refractivity contribution in [1.29, 1.82) is 0 Å². The second-order valence-corrected chi connectivity index (χ2v) is 6.24. The Labute approximate surface area is 122 Å². The van der Waals surface area contributed by atoms with Gasteiger partial charge in [-0.3, -0.25) is 0 Å². The minimum atomic E-state index is 0.751. The molecule has 0 unspecified atom stereocenters. The highest BCUT2D eigenvalue weighted by Crippen LogP contribution is 2.26. The highest BCUT2D eigenvalue weighted by atomic mass is 32.1. The second kappa shape index (κ2) is 5.93. The van der Waals surface area contributed by atoms with Crippen LogP contribution in [0.5, 0.6) is 0 Å². The molecule has 1 N–H and O–H groups in total. The molecular formula is C14H19N5S. The zero-order chi connectivity index (χ0) is 13.9. The molecule has 5 nitrogen and oxygen atoms in total. The largest absolute Gasteiger partial charge is 0.314 e. The van der Waals surface area contributed by atoms with E-state index in [9.17, 15) is 0 Å². The van der Waals surface area contributed by atoms with Crippen LogP contribution in [0.1, 0.15) is 36.2 Å². The fraction of sp³-hybridized carbons (Fsp3) is 0.571. The van der Waals surface area contributed by atoms with Crippen LogP contribution in [-0.4, -0.2) is 33.0 Å². The van der Waals surface area contributed by atoms with Crippen LogP contribution in [0.25, 0.3) is 10.6 Å². The average Bonchev–Trinajstić information content (AvgIpc) is 3.15. The third-order valence-electron chi connectivity index (χ3n) is 3.37. The number of rotatable bonds is 6. The molecular weight excluding hydrogens is 270 g/mol. The van der Waals surface area contributed by atoms with E-state index in [2.05, 4.69) is 38.7 Å². The average molecular weight is 289 g/mol. The van der Waals surface area contributed by atoms with Crippen LogP contribution in [0.3, 0.4) is 0 Å². The van der Waals surface area contributed by atoms with Gasteiger partial charge in [0, 0.05) is 24.6 Å². The smallest absolute Gasteiger partial charge is 0.149 e. The molecule has 2 aromatic rings. The lowest BCUT2D eigenvalue weighted by atomic mass is 10.1. The van der Waals surface area contributed by atoms with Crippen molar-refractivity contribution in [2.24, 2.45) is 0 Å². The maximum absolute atomic E-state index is 4.32. The van der Waals surface area contributed by atoms with Crippen LogP contribution in [0.4, 0.5) is 0 Å². The summed E-state index contributed by atoms with van der Waals surface area (Å²) in [5.41, 5.74) is 3.00. The van der Waals surface area contributed by atoms with Gasteiger partial charge in [0.2, 0.25) is 0 Å². The van der Waals surface area contributed by atoms with Gasteiger partial charge in [-0.15, -0.1) is 10.2 Å². The van der Waals surface area contributed by atoms with Gasteiger partial charge in [0.1, 0.15) is 10.0 Å². The van der Waals surface area contributed by atoms with E-state index in [1.807, 2.05) is 6.92 Å². The van der Waals surface area contributed by atoms with Gasteiger partial charge in [0.25, 0.3) is 0 Å². The Hall–Kier alpha value is -1.40. The minimum absolute atomic E-state index is 0.751. The van der Waals surface area contributed by atoms with E-state index in [0.29, 0.717) is 0 Å². The number of nitrogens with zero attached hydrogens (tertiary/aromatic N) is 4. The second-order valence-electron chi connectivity index (χ2n) is 5.18. The summed E-state index contributed by atoms with van der Waals surface area (Å²) in [6.45, 7) is 5.04. The lowest BCUT2D eigenvalue weighted by molar-refractivity contribution is 0.677. The molecule has 0 atom stereocenters. The van der Waals surface area contributed by atoms with E-state index in [1.54, 1.807) is 11.3 Å². The molecule has 2 heterocycles. The van der Waals surface area contributed by atoms with E-state index in [1.165, 1.54) is 12.8 Å². The summed E-state index contributed by atoms with van der Waals surface area (Å²) in [6.07, 6.45) is 4.46. The van der Waals surface area contributed by atoms with Gasteiger partial charge >= 0.3 is 0 Å². The van der Waals surface area contributed by atoms with Gasteiger partial charge in [-0.2, -0.15) is 10.2 Å². The fourth-order valence-electron chi connectivity index (χ4n) is 2.09. The lowest BCUT2D eigenvalue weighted by Gasteiger charge is -2.02. The first-order chi connectivity index (χ1) is 9.76. The molecule has 1 aliphatic carbocycles. The van der Waals surface area contributed by atoms with E-state index in [4.69, 9.17) is 0 Å².